The molecule has 0 heterocycles. The van der Waals surface area contributed by atoms with Crippen LogP contribution >= 0.6 is 0 Å². The van der Waals surface area contributed by atoms with Crippen molar-refractivity contribution in [2.45, 2.75) is 0 Å². The maximum atomic E-state index is 10.6. The zero-order chi connectivity index (χ0) is 9.61. The molecule has 6 heteroatoms. The summed E-state index contributed by atoms with van der Waals surface area (Å²) >= 11 is 0. The molecule has 12 heavy (non-hydrogen) atoms. The maximum Gasteiger partial charge on any atom is 0.371 e. The van der Waals surface area contributed by atoms with E-state index in [0.29, 0.717) is 0 Å². The Morgan fingerprint density at radius 2 is 1.50 bits per heavy atom. The van der Waals surface area contributed by atoms with Crippen molar-refractivity contribution in [3.63, 3.8) is 0 Å². The molecule has 0 aromatic rings. The minimum atomic E-state index is -2.53. The predicted octanol–water partition coefficient (Wildman–Crippen LogP) is -0.432. The van der Waals surface area contributed by atoms with E-state index in [2.05, 4.69) is 4.74 Å². The Morgan fingerprint density at radius 3 is 1.75 bits per heavy atom. The van der Waals surface area contributed by atoms with Crippen molar-refractivity contribution in [3.8, 4) is 24.5 Å². The van der Waals surface area contributed by atoms with Crippen molar-refractivity contribution in [3.05, 3.63) is 0 Å². The van der Waals surface area contributed by atoms with Crippen LogP contribution in [0.5, 0.6) is 0 Å². The van der Waals surface area contributed by atoms with Crippen molar-refractivity contribution < 1.29 is 9.53 Å². The van der Waals surface area contributed by atoms with Crippen LogP contribution in [-0.4, -0.2) is 5.97 Å². The SMILES string of the molecule is N#COC(=O)C(C#N)(C#N)C#N. The van der Waals surface area contributed by atoms with Gasteiger partial charge in [-0.1, -0.05) is 0 Å². The second-order valence-corrected chi connectivity index (χ2v) is 1.57. The largest absolute Gasteiger partial charge is 0.371 e. The molecule has 0 fully saturated rings. The lowest BCUT2D eigenvalue weighted by Gasteiger charge is -2.01. The van der Waals surface area contributed by atoms with E-state index in [-0.39, 0.29) is 0 Å². The molecule has 0 radical (unpaired) electrons. The molecule has 0 saturated carbocycles. The minimum Gasteiger partial charge on any atom is -0.348 e. The highest BCUT2D eigenvalue weighted by Gasteiger charge is 2.42. The fraction of sp³-hybridized carbons (Fsp3) is 0.167. The van der Waals surface area contributed by atoms with Gasteiger partial charge in [-0.25, -0.2) is 4.79 Å². The van der Waals surface area contributed by atoms with Gasteiger partial charge in [0.2, 0.25) is 0 Å². The second kappa shape index (κ2) is 3.56. The average Bonchev–Trinajstić information content (AvgIpc) is 2.09. The molecule has 0 aliphatic carbocycles. The van der Waals surface area contributed by atoms with Gasteiger partial charge in [-0.2, -0.15) is 15.8 Å². The van der Waals surface area contributed by atoms with Gasteiger partial charge in [0.1, 0.15) is 18.2 Å². The summed E-state index contributed by atoms with van der Waals surface area (Å²) in [5.74, 6) is -1.47. The Balaban J connectivity index is 4.99. The number of esters is 1. The van der Waals surface area contributed by atoms with Crippen LogP contribution in [0.15, 0.2) is 0 Å². The summed E-state index contributed by atoms with van der Waals surface area (Å²) in [5.41, 5.74) is -2.53. The molecule has 0 amide bonds. The van der Waals surface area contributed by atoms with Crippen molar-refractivity contribution in [2.24, 2.45) is 5.41 Å². The number of ether oxygens (including phenoxy) is 1. The molecular weight excluding hydrogens is 160 g/mol. The molecule has 0 N–H and O–H groups in total. The van der Waals surface area contributed by atoms with Gasteiger partial charge in [0.05, 0.1) is 0 Å². The first kappa shape index (κ1) is 9.43. The number of hydrogen-bond acceptors (Lipinski definition) is 6. The van der Waals surface area contributed by atoms with E-state index in [0.717, 1.165) is 24.5 Å². The van der Waals surface area contributed by atoms with E-state index in [1.807, 2.05) is 0 Å². The van der Waals surface area contributed by atoms with Gasteiger partial charge >= 0.3 is 11.4 Å². The fourth-order valence-corrected chi connectivity index (χ4v) is 0.330. The van der Waals surface area contributed by atoms with Gasteiger partial charge in [0.25, 0.3) is 6.26 Å². The van der Waals surface area contributed by atoms with Gasteiger partial charge in [-0.15, -0.1) is 5.26 Å². The van der Waals surface area contributed by atoms with Crippen LogP contribution in [0.25, 0.3) is 0 Å². The highest BCUT2D eigenvalue weighted by atomic mass is 16.5. The zero-order valence-electron chi connectivity index (χ0n) is 5.61. The quantitative estimate of drug-likeness (QED) is 0.378. The molecule has 0 rings (SSSR count). The lowest BCUT2D eigenvalue weighted by molar-refractivity contribution is -0.140. The van der Waals surface area contributed by atoms with Gasteiger partial charge in [0, 0.05) is 0 Å². The lowest BCUT2D eigenvalue weighted by atomic mass is 9.95. The monoisotopic (exact) mass is 160 g/mol. The summed E-state index contributed by atoms with van der Waals surface area (Å²) in [6.07, 6.45) is 0.973. The molecule has 0 spiro atoms. The number of nitriles is 4. The van der Waals surface area contributed by atoms with Crippen LogP contribution in [0.3, 0.4) is 0 Å². The van der Waals surface area contributed by atoms with E-state index >= 15 is 0 Å². The third-order valence-electron chi connectivity index (χ3n) is 0.948. The first-order valence-corrected chi connectivity index (χ1v) is 2.51. The fourth-order valence-electron chi connectivity index (χ4n) is 0.330. The molecule has 0 aromatic heterocycles. The van der Waals surface area contributed by atoms with E-state index in [4.69, 9.17) is 21.0 Å². The summed E-state index contributed by atoms with van der Waals surface area (Å²) < 4.78 is 3.68. The molecular formula is C6N4O2. The Morgan fingerprint density at radius 1 is 1.08 bits per heavy atom. The summed E-state index contributed by atoms with van der Waals surface area (Å²) in [5, 5.41) is 32.7. The third-order valence-corrected chi connectivity index (χ3v) is 0.948. The van der Waals surface area contributed by atoms with Crippen molar-refractivity contribution in [2.75, 3.05) is 0 Å². The summed E-state index contributed by atoms with van der Waals surface area (Å²) in [4.78, 5) is 10.6. The topological polar surface area (TPSA) is 121 Å². The van der Waals surface area contributed by atoms with Gasteiger partial charge in [-0.3, -0.25) is 0 Å². The number of hydrogen-bond donors (Lipinski definition) is 0. The number of carbonyl (C=O) groups excluding carboxylic acids is 1. The second-order valence-electron chi connectivity index (χ2n) is 1.57. The third kappa shape index (κ3) is 1.29. The highest BCUT2D eigenvalue weighted by molar-refractivity contribution is 5.87. The van der Waals surface area contributed by atoms with Crippen molar-refractivity contribution >= 4 is 5.97 Å². The lowest BCUT2D eigenvalue weighted by Crippen LogP contribution is -2.27. The normalized spacial score (nSPS) is 8.00. The first-order valence-electron chi connectivity index (χ1n) is 2.51. The van der Waals surface area contributed by atoms with Crippen LogP contribution in [0.1, 0.15) is 0 Å². The van der Waals surface area contributed by atoms with E-state index in [1.54, 1.807) is 0 Å². The molecule has 0 aromatic carbocycles. The van der Waals surface area contributed by atoms with E-state index in [1.165, 1.54) is 0 Å². The Bertz CT molecular complexity index is 323. The van der Waals surface area contributed by atoms with Crippen LogP contribution in [-0.2, 0) is 9.53 Å². The molecule has 0 aliphatic rings. The minimum absolute atomic E-state index is 0.973. The van der Waals surface area contributed by atoms with Gasteiger partial charge in [0.15, 0.2) is 0 Å². The summed E-state index contributed by atoms with van der Waals surface area (Å²) in [7, 11) is 0. The van der Waals surface area contributed by atoms with Gasteiger partial charge in [-0.05, 0) is 0 Å². The van der Waals surface area contributed by atoms with E-state index < -0.39 is 11.4 Å². The standard InChI is InChI=1S/C6N4O2/c7-1-6(2-8,3-9)5(11)12-4-10. The van der Waals surface area contributed by atoms with Gasteiger partial charge < -0.3 is 4.74 Å². The molecule has 0 aliphatic heterocycles. The van der Waals surface area contributed by atoms with Crippen LogP contribution < -0.4 is 0 Å². The zero-order valence-corrected chi connectivity index (χ0v) is 5.61. The van der Waals surface area contributed by atoms with Crippen molar-refractivity contribution in [1.82, 2.24) is 0 Å². The average molecular weight is 160 g/mol. The molecule has 0 unspecified atom stereocenters. The molecule has 0 atom stereocenters. The highest BCUT2D eigenvalue weighted by Crippen LogP contribution is 2.14. The summed E-state index contributed by atoms with van der Waals surface area (Å²) in [6.45, 7) is 0. The maximum absolute atomic E-state index is 10.6. The number of carbonyl (C=O) groups is 1. The Hall–Kier alpha value is -2.57. The van der Waals surface area contributed by atoms with Crippen LogP contribution in [0, 0.1) is 50.9 Å². The smallest absolute Gasteiger partial charge is 0.348 e. The van der Waals surface area contributed by atoms with E-state index in [9.17, 15) is 4.79 Å². The molecule has 0 bridgehead atoms. The molecule has 0 saturated heterocycles. The van der Waals surface area contributed by atoms with Crippen LogP contribution in [0.2, 0.25) is 0 Å². The Kier molecular flexibility index (Phi) is 2.80. The number of nitrogens with zero attached hydrogens (tertiary/aromatic N) is 4. The Labute approximate surface area is 67.4 Å². The molecule has 6 nitrogen and oxygen atoms in total. The first-order chi connectivity index (χ1) is 5.66. The molecule has 56 valence electrons. The van der Waals surface area contributed by atoms with Crippen LogP contribution in [0.4, 0.5) is 0 Å². The number of rotatable bonds is 1. The van der Waals surface area contributed by atoms with Crippen molar-refractivity contribution in [1.29, 1.82) is 21.0 Å². The summed E-state index contributed by atoms with van der Waals surface area (Å²) in [6, 6.07) is 3.45. The predicted molar refractivity (Wildman–Crippen MR) is 31.0 cm³/mol.